The second-order valence-electron chi connectivity index (χ2n) is 4.90. The van der Waals surface area contributed by atoms with Crippen molar-refractivity contribution in [3.8, 4) is 0 Å². The standard InChI is InChI=1S/C14H20N4O6/c1-4-24-13(20)17(10(2)19)12-9-11(15-18(12)14(21)22-3)16-5-7-23-8-6-16/h9H,4-8H2,1-3H3. The topological polar surface area (TPSA) is 103 Å². The summed E-state index contributed by atoms with van der Waals surface area (Å²) >= 11 is 0. The number of carbonyl (C=O) groups excluding carboxylic acids is 3. The van der Waals surface area contributed by atoms with E-state index in [2.05, 4.69) is 9.84 Å². The first-order valence-corrected chi connectivity index (χ1v) is 7.48. The number of methoxy groups -OCH3 is 1. The molecule has 0 unspecified atom stereocenters. The number of rotatable bonds is 3. The SMILES string of the molecule is CCOC(=O)N(C(C)=O)c1cc(N2CCOCC2)nn1C(=O)OC. The summed E-state index contributed by atoms with van der Waals surface area (Å²) in [5.41, 5.74) is 0. The monoisotopic (exact) mass is 340 g/mol. The maximum Gasteiger partial charge on any atom is 0.436 e. The van der Waals surface area contributed by atoms with Crippen LogP contribution in [0.1, 0.15) is 13.8 Å². The minimum Gasteiger partial charge on any atom is -0.451 e. The highest BCUT2D eigenvalue weighted by Gasteiger charge is 2.30. The van der Waals surface area contributed by atoms with Gasteiger partial charge in [0.1, 0.15) is 0 Å². The number of morpholine rings is 1. The molecular weight excluding hydrogens is 320 g/mol. The van der Waals surface area contributed by atoms with E-state index in [1.54, 1.807) is 6.92 Å². The minimum atomic E-state index is -0.886. The van der Waals surface area contributed by atoms with Crippen LogP contribution < -0.4 is 9.80 Å². The number of imide groups is 1. The third-order valence-electron chi connectivity index (χ3n) is 3.35. The average molecular weight is 340 g/mol. The lowest BCUT2D eigenvalue weighted by Crippen LogP contribution is -2.38. The fraction of sp³-hybridized carbons (Fsp3) is 0.571. The first-order valence-electron chi connectivity index (χ1n) is 7.48. The summed E-state index contributed by atoms with van der Waals surface area (Å²) < 4.78 is 15.7. The molecule has 1 aliphatic heterocycles. The van der Waals surface area contributed by atoms with E-state index in [9.17, 15) is 14.4 Å². The zero-order chi connectivity index (χ0) is 17.7. The predicted molar refractivity (Wildman–Crippen MR) is 83.2 cm³/mol. The fourth-order valence-electron chi connectivity index (χ4n) is 2.26. The van der Waals surface area contributed by atoms with Crippen molar-refractivity contribution in [2.45, 2.75) is 13.8 Å². The van der Waals surface area contributed by atoms with E-state index < -0.39 is 18.1 Å². The average Bonchev–Trinajstić information content (AvgIpc) is 3.00. The lowest BCUT2D eigenvalue weighted by Gasteiger charge is -2.26. The smallest absolute Gasteiger partial charge is 0.436 e. The van der Waals surface area contributed by atoms with E-state index in [4.69, 9.17) is 9.47 Å². The Kier molecular flexibility index (Phi) is 5.74. The Balaban J connectivity index is 2.44. The van der Waals surface area contributed by atoms with Gasteiger partial charge < -0.3 is 19.1 Å². The number of anilines is 2. The molecule has 1 aromatic rings. The molecule has 0 atom stereocenters. The third-order valence-corrected chi connectivity index (χ3v) is 3.35. The highest BCUT2D eigenvalue weighted by Crippen LogP contribution is 2.24. The molecule has 10 nitrogen and oxygen atoms in total. The molecule has 0 N–H and O–H groups in total. The molecule has 132 valence electrons. The van der Waals surface area contributed by atoms with E-state index in [-0.39, 0.29) is 12.4 Å². The van der Waals surface area contributed by atoms with Crippen LogP contribution >= 0.6 is 0 Å². The van der Waals surface area contributed by atoms with Crippen LogP contribution in [0.2, 0.25) is 0 Å². The lowest BCUT2D eigenvalue weighted by molar-refractivity contribution is -0.116. The van der Waals surface area contributed by atoms with Gasteiger partial charge in [-0.1, -0.05) is 0 Å². The van der Waals surface area contributed by atoms with Crippen molar-refractivity contribution in [1.29, 1.82) is 0 Å². The molecule has 1 saturated heterocycles. The highest BCUT2D eigenvalue weighted by atomic mass is 16.6. The molecule has 24 heavy (non-hydrogen) atoms. The molecule has 0 aromatic carbocycles. The van der Waals surface area contributed by atoms with Crippen molar-refractivity contribution in [3.05, 3.63) is 6.07 Å². The van der Waals surface area contributed by atoms with E-state index >= 15 is 0 Å². The van der Waals surface area contributed by atoms with Crippen LogP contribution in [0.15, 0.2) is 6.07 Å². The quantitative estimate of drug-likeness (QED) is 0.797. The van der Waals surface area contributed by atoms with Gasteiger partial charge in [0.25, 0.3) is 0 Å². The van der Waals surface area contributed by atoms with Crippen LogP contribution in [0, 0.1) is 0 Å². The van der Waals surface area contributed by atoms with Gasteiger partial charge in [-0.15, -0.1) is 9.78 Å². The summed E-state index contributed by atoms with van der Waals surface area (Å²) in [6.07, 6.45) is -1.70. The first-order chi connectivity index (χ1) is 11.5. The molecule has 0 saturated carbocycles. The van der Waals surface area contributed by atoms with Gasteiger partial charge >= 0.3 is 12.2 Å². The summed E-state index contributed by atoms with van der Waals surface area (Å²) in [7, 11) is 1.19. The Morgan fingerprint density at radius 2 is 2.00 bits per heavy atom. The maximum absolute atomic E-state index is 12.1. The molecule has 2 heterocycles. The Morgan fingerprint density at radius 3 is 2.54 bits per heavy atom. The molecule has 0 spiro atoms. The Bertz CT molecular complexity index is 623. The second-order valence-corrected chi connectivity index (χ2v) is 4.90. The molecule has 2 amide bonds. The summed E-state index contributed by atoms with van der Waals surface area (Å²) in [4.78, 5) is 38.6. The summed E-state index contributed by atoms with van der Waals surface area (Å²) in [5, 5.41) is 4.16. The molecule has 1 aliphatic rings. The van der Waals surface area contributed by atoms with Crippen LogP contribution in [0.4, 0.5) is 21.2 Å². The largest absolute Gasteiger partial charge is 0.451 e. The van der Waals surface area contributed by atoms with Crippen LogP contribution in [-0.2, 0) is 19.0 Å². The Labute approximate surface area is 138 Å². The molecule has 0 aliphatic carbocycles. The van der Waals surface area contributed by atoms with Gasteiger partial charge in [-0.3, -0.25) is 4.79 Å². The van der Waals surface area contributed by atoms with E-state index in [0.29, 0.717) is 32.1 Å². The Hall–Kier alpha value is -2.62. The van der Waals surface area contributed by atoms with Crippen LogP contribution in [0.25, 0.3) is 0 Å². The van der Waals surface area contributed by atoms with Crippen molar-refractivity contribution in [2.75, 3.05) is 49.8 Å². The van der Waals surface area contributed by atoms with Gasteiger partial charge in [0, 0.05) is 26.1 Å². The summed E-state index contributed by atoms with van der Waals surface area (Å²) in [6, 6.07) is 1.47. The van der Waals surface area contributed by atoms with Gasteiger partial charge in [0.2, 0.25) is 5.91 Å². The second kappa shape index (κ2) is 7.77. The first kappa shape index (κ1) is 17.7. The van der Waals surface area contributed by atoms with E-state index in [1.165, 1.54) is 20.1 Å². The van der Waals surface area contributed by atoms with Crippen molar-refractivity contribution in [1.82, 2.24) is 9.78 Å². The van der Waals surface area contributed by atoms with Gasteiger partial charge in [0.15, 0.2) is 11.6 Å². The van der Waals surface area contributed by atoms with Gasteiger partial charge in [-0.25, -0.2) is 9.59 Å². The molecule has 10 heteroatoms. The molecule has 2 rings (SSSR count). The predicted octanol–water partition coefficient (Wildman–Crippen LogP) is 0.844. The number of hydrogen-bond donors (Lipinski definition) is 0. The van der Waals surface area contributed by atoms with Crippen LogP contribution in [0.5, 0.6) is 0 Å². The van der Waals surface area contributed by atoms with Gasteiger partial charge in [0.05, 0.1) is 26.9 Å². The van der Waals surface area contributed by atoms with Gasteiger partial charge in [-0.05, 0) is 6.92 Å². The van der Waals surface area contributed by atoms with Gasteiger partial charge in [-0.2, -0.15) is 4.90 Å². The molecule has 0 radical (unpaired) electrons. The number of carbonyl (C=O) groups is 3. The number of amides is 2. The number of hydrogen-bond acceptors (Lipinski definition) is 8. The Morgan fingerprint density at radius 1 is 1.33 bits per heavy atom. The minimum absolute atomic E-state index is 0.0331. The van der Waals surface area contributed by atoms with E-state index in [0.717, 1.165) is 9.58 Å². The van der Waals surface area contributed by atoms with Crippen molar-refractivity contribution in [2.24, 2.45) is 0 Å². The lowest BCUT2D eigenvalue weighted by atomic mass is 10.4. The number of ether oxygens (including phenoxy) is 3. The van der Waals surface area contributed by atoms with Crippen LogP contribution in [-0.4, -0.2) is 67.9 Å². The molecule has 1 aromatic heterocycles. The van der Waals surface area contributed by atoms with Crippen LogP contribution in [0.3, 0.4) is 0 Å². The number of nitrogens with zero attached hydrogens (tertiary/aromatic N) is 4. The third kappa shape index (κ3) is 3.65. The number of aromatic nitrogens is 2. The summed E-state index contributed by atoms with van der Waals surface area (Å²) in [6.45, 7) is 5.11. The maximum atomic E-state index is 12.1. The van der Waals surface area contributed by atoms with E-state index in [1.807, 2.05) is 4.90 Å². The zero-order valence-corrected chi connectivity index (χ0v) is 13.9. The normalized spacial score (nSPS) is 14.2. The zero-order valence-electron chi connectivity index (χ0n) is 13.9. The van der Waals surface area contributed by atoms with Crippen molar-refractivity contribution < 1.29 is 28.6 Å². The van der Waals surface area contributed by atoms with Crippen molar-refractivity contribution >= 4 is 29.7 Å². The van der Waals surface area contributed by atoms with Crippen molar-refractivity contribution in [3.63, 3.8) is 0 Å². The highest BCUT2D eigenvalue weighted by molar-refractivity contribution is 6.11. The summed E-state index contributed by atoms with van der Waals surface area (Å²) in [5.74, 6) is -0.199. The molecule has 0 bridgehead atoms. The molecular formula is C14H20N4O6. The fourth-order valence-corrected chi connectivity index (χ4v) is 2.26. The molecule has 1 fully saturated rings.